The maximum Gasteiger partial charge on any atom is 0.233 e. The summed E-state index contributed by atoms with van der Waals surface area (Å²) in [4.78, 5) is 16.8. The van der Waals surface area contributed by atoms with Crippen LogP contribution in [-0.4, -0.2) is 17.5 Å². The molecular formula is C19H14F2N2O2S. The largest absolute Gasteiger partial charge is 0.492 e. The van der Waals surface area contributed by atoms with E-state index in [1.807, 2.05) is 24.3 Å². The molecule has 0 saturated carbocycles. The number of amides is 1. The lowest BCUT2D eigenvalue weighted by atomic mass is 9.96. The van der Waals surface area contributed by atoms with Gasteiger partial charge in [-0.25, -0.2) is 13.8 Å². The lowest BCUT2D eigenvalue weighted by molar-refractivity contribution is -0.121. The van der Waals surface area contributed by atoms with E-state index in [1.54, 1.807) is 5.38 Å². The van der Waals surface area contributed by atoms with Crippen LogP contribution in [0.25, 0.3) is 11.3 Å². The van der Waals surface area contributed by atoms with Crippen molar-refractivity contribution in [1.82, 2.24) is 4.98 Å². The molecule has 0 fully saturated rings. The summed E-state index contributed by atoms with van der Waals surface area (Å²) < 4.78 is 32.0. The van der Waals surface area contributed by atoms with Gasteiger partial charge in [-0.3, -0.25) is 4.79 Å². The Morgan fingerprint density at radius 1 is 1.19 bits per heavy atom. The summed E-state index contributed by atoms with van der Waals surface area (Å²) in [6.07, 6.45) is 0.601. The first-order valence-corrected chi connectivity index (χ1v) is 8.90. The molecule has 4 nitrogen and oxygen atoms in total. The predicted molar refractivity (Wildman–Crippen MR) is 95.2 cm³/mol. The predicted octanol–water partition coefficient (Wildman–Crippen LogP) is 4.28. The molecule has 1 amide bonds. The Morgan fingerprint density at radius 2 is 2.04 bits per heavy atom. The van der Waals surface area contributed by atoms with Crippen LogP contribution in [0, 0.1) is 17.6 Å². The molecule has 4 rings (SSSR count). The Bertz CT molecular complexity index is 974. The van der Waals surface area contributed by atoms with E-state index < -0.39 is 11.6 Å². The highest BCUT2D eigenvalue weighted by molar-refractivity contribution is 7.14. The van der Waals surface area contributed by atoms with Crippen molar-refractivity contribution in [3.05, 3.63) is 65.0 Å². The lowest BCUT2D eigenvalue weighted by Crippen LogP contribution is -2.32. The van der Waals surface area contributed by atoms with Crippen molar-refractivity contribution in [2.75, 3.05) is 11.9 Å². The second-order valence-corrected chi connectivity index (χ2v) is 6.83. The first-order chi connectivity index (χ1) is 12.6. The second-order valence-electron chi connectivity index (χ2n) is 5.98. The van der Waals surface area contributed by atoms with Crippen LogP contribution >= 0.6 is 11.3 Å². The first-order valence-electron chi connectivity index (χ1n) is 8.02. The van der Waals surface area contributed by atoms with Gasteiger partial charge in [-0.2, -0.15) is 0 Å². The molecule has 2 aromatic carbocycles. The summed E-state index contributed by atoms with van der Waals surface area (Å²) in [5.41, 5.74) is 1.94. The van der Waals surface area contributed by atoms with E-state index in [0.29, 0.717) is 29.4 Å². The average Bonchev–Trinajstić information content (AvgIpc) is 3.12. The second kappa shape index (κ2) is 6.84. The van der Waals surface area contributed by atoms with Gasteiger partial charge in [0.05, 0.1) is 11.6 Å². The van der Waals surface area contributed by atoms with Crippen molar-refractivity contribution in [1.29, 1.82) is 0 Å². The lowest BCUT2D eigenvalue weighted by Gasteiger charge is -2.24. The van der Waals surface area contributed by atoms with Crippen molar-refractivity contribution in [3.63, 3.8) is 0 Å². The molecule has 0 bridgehead atoms. The Morgan fingerprint density at radius 3 is 2.88 bits per heavy atom. The van der Waals surface area contributed by atoms with Crippen molar-refractivity contribution >= 4 is 22.4 Å². The van der Waals surface area contributed by atoms with Gasteiger partial charge in [0.1, 0.15) is 12.4 Å². The number of para-hydroxylation sites is 1. The van der Waals surface area contributed by atoms with E-state index in [-0.39, 0.29) is 11.8 Å². The number of thiazole rings is 1. The van der Waals surface area contributed by atoms with Crippen LogP contribution in [0.4, 0.5) is 13.9 Å². The summed E-state index contributed by atoms with van der Waals surface area (Å²) in [7, 11) is 0. The fourth-order valence-electron chi connectivity index (χ4n) is 2.82. The van der Waals surface area contributed by atoms with Gasteiger partial charge in [0.25, 0.3) is 0 Å². The minimum Gasteiger partial charge on any atom is -0.492 e. The number of carbonyl (C=O) groups is 1. The maximum absolute atomic E-state index is 13.4. The molecule has 0 radical (unpaired) electrons. The van der Waals surface area contributed by atoms with Gasteiger partial charge in [-0.1, -0.05) is 18.2 Å². The van der Waals surface area contributed by atoms with Crippen LogP contribution in [-0.2, 0) is 11.2 Å². The normalized spacial score (nSPS) is 15.8. The van der Waals surface area contributed by atoms with Crippen LogP contribution in [0.3, 0.4) is 0 Å². The van der Waals surface area contributed by atoms with E-state index in [4.69, 9.17) is 4.74 Å². The fraction of sp³-hybridized carbons (Fsp3) is 0.158. The zero-order valence-corrected chi connectivity index (χ0v) is 14.4. The van der Waals surface area contributed by atoms with Gasteiger partial charge in [-0.15, -0.1) is 11.3 Å². The minimum absolute atomic E-state index is 0.175. The van der Waals surface area contributed by atoms with Crippen LogP contribution in [0.5, 0.6) is 5.75 Å². The molecule has 1 aliphatic rings. The third kappa shape index (κ3) is 3.30. The molecule has 0 unspecified atom stereocenters. The van der Waals surface area contributed by atoms with E-state index in [0.717, 1.165) is 23.4 Å². The molecule has 0 aliphatic carbocycles. The number of nitrogens with zero attached hydrogens (tertiary/aromatic N) is 1. The summed E-state index contributed by atoms with van der Waals surface area (Å²) in [6.45, 7) is 0.310. The highest BCUT2D eigenvalue weighted by Crippen LogP contribution is 2.29. The highest BCUT2D eigenvalue weighted by atomic mass is 32.1. The third-order valence-corrected chi connectivity index (χ3v) is 4.96. The van der Waals surface area contributed by atoms with Crippen molar-refractivity contribution < 1.29 is 18.3 Å². The average molecular weight is 372 g/mol. The van der Waals surface area contributed by atoms with Gasteiger partial charge >= 0.3 is 0 Å². The number of aromatic nitrogens is 1. The number of benzene rings is 2. The molecule has 1 atom stereocenters. The maximum atomic E-state index is 13.4. The fourth-order valence-corrected chi connectivity index (χ4v) is 3.55. The summed E-state index contributed by atoms with van der Waals surface area (Å²) in [6, 6.07) is 11.2. The van der Waals surface area contributed by atoms with E-state index in [1.165, 1.54) is 17.4 Å². The first kappa shape index (κ1) is 16.7. The summed E-state index contributed by atoms with van der Waals surface area (Å²) >= 11 is 1.23. The number of hydrogen-bond donors (Lipinski definition) is 1. The van der Waals surface area contributed by atoms with E-state index in [9.17, 15) is 13.6 Å². The molecule has 0 spiro atoms. The number of halogens is 2. The molecule has 26 heavy (non-hydrogen) atoms. The van der Waals surface area contributed by atoms with Gasteiger partial charge in [0, 0.05) is 10.9 Å². The zero-order valence-electron chi connectivity index (χ0n) is 13.5. The molecule has 1 aliphatic heterocycles. The Kier molecular flexibility index (Phi) is 4.38. The number of fused-ring (bicyclic) bond motifs is 1. The van der Waals surface area contributed by atoms with E-state index >= 15 is 0 Å². The Labute approximate surface area is 152 Å². The highest BCUT2D eigenvalue weighted by Gasteiger charge is 2.26. The van der Waals surface area contributed by atoms with E-state index in [2.05, 4.69) is 10.3 Å². The van der Waals surface area contributed by atoms with Crippen LogP contribution in [0.1, 0.15) is 5.56 Å². The zero-order chi connectivity index (χ0) is 18.1. The van der Waals surface area contributed by atoms with Crippen LogP contribution < -0.4 is 10.1 Å². The van der Waals surface area contributed by atoms with Gasteiger partial charge < -0.3 is 10.1 Å². The van der Waals surface area contributed by atoms with Gasteiger partial charge in [0.15, 0.2) is 16.8 Å². The van der Waals surface area contributed by atoms with Crippen molar-refractivity contribution in [3.8, 4) is 17.0 Å². The third-order valence-electron chi connectivity index (χ3n) is 4.20. The molecular weight excluding hydrogens is 358 g/mol. The molecule has 7 heteroatoms. The van der Waals surface area contributed by atoms with Crippen LogP contribution in [0.15, 0.2) is 47.8 Å². The van der Waals surface area contributed by atoms with Crippen LogP contribution in [0.2, 0.25) is 0 Å². The molecule has 1 N–H and O–H groups in total. The molecule has 1 aromatic heterocycles. The number of nitrogens with one attached hydrogen (secondary N) is 1. The topological polar surface area (TPSA) is 51.2 Å². The monoisotopic (exact) mass is 372 g/mol. The van der Waals surface area contributed by atoms with Gasteiger partial charge in [0.2, 0.25) is 5.91 Å². The van der Waals surface area contributed by atoms with Gasteiger partial charge in [-0.05, 0) is 36.2 Å². The smallest absolute Gasteiger partial charge is 0.233 e. The number of hydrogen-bond acceptors (Lipinski definition) is 4. The number of rotatable bonds is 3. The van der Waals surface area contributed by atoms with Crippen molar-refractivity contribution in [2.24, 2.45) is 5.92 Å². The molecule has 2 heterocycles. The standard InChI is InChI=1S/C19H14F2N2O2S/c20-14-6-5-11(8-15(14)21)16-10-26-19(22-16)23-18(24)13-7-12-3-1-2-4-17(12)25-9-13/h1-6,8,10,13H,7,9H2,(H,22,23,24)/t13-/m1/s1. The number of anilines is 1. The molecule has 132 valence electrons. The van der Waals surface area contributed by atoms with Crippen molar-refractivity contribution in [2.45, 2.75) is 6.42 Å². The number of ether oxygens (including phenoxy) is 1. The number of carbonyl (C=O) groups excluding carboxylic acids is 1. The molecule has 3 aromatic rings. The quantitative estimate of drug-likeness (QED) is 0.747. The summed E-state index contributed by atoms with van der Waals surface area (Å²) in [5, 5.41) is 4.88. The molecule has 0 saturated heterocycles. The SMILES string of the molecule is O=C(Nc1nc(-c2ccc(F)c(F)c2)cs1)[C@H]1COc2ccccc2C1. The summed E-state index contributed by atoms with van der Waals surface area (Å²) in [5.74, 6) is -1.51. The minimum atomic E-state index is -0.931. The Balaban J connectivity index is 1.46. The Hall–Kier alpha value is -2.80.